The van der Waals surface area contributed by atoms with E-state index in [-0.39, 0.29) is 0 Å². The molecule has 1 aliphatic carbocycles. The van der Waals surface area contributed by atoms with Crippen LogP contribution in [0.2, 0.25) is 0 Å². The first kappa shape index (κ1) is 11.6. The van der Waals surface area contributed by atoms with E-state index in [1.807, 2.05) is 0 Å². The molecule has 3 N–H and O–H groups in total. The highest BCUT2D eigenvalue weighted by atomic mass is 14.9. The zero-order valence-electron chi connectivity index (χ0n) is 8.97. The summed E-state index contributed by atoms with van der Waals surface area (Å²) in [4.78, 5) is 0. The number of nitrogens with one attached hydrogen (secondary N) is 1. The molecule has 2 heteroatoms. The van der Waals surface area contributed by atoms with Gasteiger partial charge in [0.2, 0.25) is 0 Å². The molecule has 0 amide bonds. The van der Waals surface area contributed by atoms with E-state index in [0.717, 1.165) is 25.4 Å². The Kier molecular flexibility index (Phi) is 5.66. The van der Waals surface area contributed by atoms with Crippen molar-refractivity contribution in [1.29, 1.82) is 0 Å². The van der Waals surface area contributed by atoms with Crippen LogP contribution in [0.3, 0.4) is 0 Å². The van der Waals surface area contributed by atoms with Crippen molar-refractivity contribution in [1.82, 2.24) is 5.32 Å². The van der Waals surface area contributed by atoms with Crippen molar-refractivity contribution in [2.45, 2.75) is 44.6 Å². The maximum absolute atomic E-state index is 5.77. The Bertz CT molecular complexity index is 177. The van der Waals surface area contributed by atoms with Gasteiger partial charge in [-0.15, -0.1) is 12.3 Å². The van der Waals surface area contributed by atoms with Gasteiger partial charge in [0.25, 0.3) is 0 Å². The Morgan fingerprint density at radius 1 is 1.36 bits per heavy atom. The Balaban J connectivity index is 2.25. The molecule has 1 unspecified atom stereocenters. The van der Waals surface area contributed by atoms with Crippen LogP contribution in [0.5, 0.6) is 0 Å². The largest absolute Gasteiger partial charge is 0.329 e. The second-order valence-corrected chi connectivity index (χ2v) is 4.15. The molecule has 0 aromatic carbocycles. The Hall–Kier alpha value is -0.520. The second kappa shape index (κ2) is 6.86. The van der Waals surface area contributed by atoms with E-state index in [0.29, 0.717) is 6.04 Å². The predicted octanol–water partition coefficient (Wildman–Crippen LogP) is 1.51. The van der Waals surface area contributed by atoms with Crippen molar-refractivity contribution in [2.75, 3.05) is 13.1 Å². The molecule has 1 rings (SSSR count). The van der Waals surface area contributed by atoms with Gasteiger partial charge in [0.05, 0.1) is 0 Å². The van der Waals surface area contributed by atoms with Crippen molar-refractivity contribution >= 4 is 0 Å². The molecule has 0 aromatic heterocycles. The summed E-state index contributed by atoms with van der Waals surface area (Å²) >= 11 is 0. The third kappa shape index (κ3) is 3.69. The van der Waals surface area contributed by atoms with E-state index in [1.54, 1.807) is 0 Å². The molecule has 0 aliphatic heterocycles. The molecule has 1 saturated carbocycles. The number of rotatable bonds is 5. The highest BCUT2D eigenvalue weighted by Crippen LogP contribution is 2.26. The topological polar surface area (TPSA) is 38.0 Å². The maximum atomic E-state index is 5.77. The summed E-state index contributed by atoms with van der Waals surface area (Å²) in [5, 5.41) is 3.47. The van der Waals surface area contributed by atoms with Crippen LogP contribution in [0.4, 0.5) is 0 Å². The predicted molar refractivity (Wildman–Crippen MR) is 60.9 cm³/mol. The zero-order chi connectivity index (χ0) is 10.2. The Morgan fingerprint density at radius 2 is 2.07 bits per heavy atom. The van der Waals surface area contributed by atoms with Crippen LogP contribution in [-0.4, -0.2) is 19.1 Å². The molecule has 0 radical (unpaired) electrons. The molecule has 1 atom stereocenters. The molecular weight excluding hydrogens is 172 g/mol. The van der Waals surface area contributed by atoms with Crippen LogP contribution >= 0.6 is 0 Å². The summed E-state index contributed by atoms with van der Waals surface area (Å²) < 4.78 is 0. The Morgan fingerprint density at radius 3 is 2.64 bits per heavy atom. The number of hydrogen-bond donors (Lipinski definition) is 2. The fourth-order valence-electron chi connectivity index (χ4n) is 2.31. The van der Waals surface area contributed by atoms with Crippen molar-refractivity contribution in [3.8, 4) is 12.3 Å². The SMILES string of the molecule is C#CCCNC(CN)C1CCCCC1. The van der Waals surface area contributed by atoms with Crippen LogP contribution in [0.1, 0.15) is 38.5 Å². The lowest BCUT2D eigenvalue weighted by Crippen LogP contribution is -2.43. The van der Waals surface area contributed by atoms with E-state index in [9.17, 15) is 0 Å². The van der Waals surface area contributed by atoms with Gasteiger partial charge in [-0.3, -0.25) is 0 Å². The van der Waals surface area contributed by atoms with E-state index < -0.39 is 0 Å². The van der Waals surface area contributed by atoms with E-state index >= 15 is 0 Å². The summed E-state index contributed by atoms with van der Waals surface area (Å²) in [7, 11) is 0. The fourth-order valence-corrected chi connectivity index (χ4v) is 2.31. The molecule has 80 valence electrons. The van der Waals surface area contributed by atoms with Crippen LogP contribution < -0.4 is 11.1 Å². The summed E-state index contributed by atoms with van der Waals surface area (Å²) in [5.41, 5.74) is 5.77. The minimum atomic E-state index is 0.489. The van der Waals surface area contributed by atoms with Gasteiger partial charge in [0.15, 0.2) is 0 Å². The smallest absolute Gasteiger partial charge is 0.0218 e. The fraction of sp³-hybridized carbons (Fsp3) is 0.833. The van der Waals surface area contributed by atoms with Gasteiger partial charge in [-0.2, -0.15) is 0 Å². The van der Waals surface area contributed by atoms with Gasteiger partial charge >= 0.3 is 0 Å². The molecular formula is C12H22N2. The Labute approximate surface area is 87.6 Å². The van der Waals surface area contributed by atoms with Crippen LogP contribution in [0.15, 0.2) is 0 Å². The minimum Gasteiger partial charge on any atom is -0.329 e. The monoisotopic (exact) mass is 194 g/mol. The first-order valence-corrected chi connectivity index (χ1v) is 5.75. The third-order valence-electron chi connectivity index (χ3n) is 3.15. The molecule has 1 aliphatic rings. The van der Waals surface area contributed by atoms with Crippen LogP contribution in [0, 0.1) is 18.3 Å². The number of terminal acetylenes is 1. The van der Waals surface area contributed by atoms with Crippen LogP contribution in [-0.2, 0) is 0 Å². The van der Waals surface area contributed by atoms with Crippen molar-refractivity contribution < 1.29 is 0 Å². The van der Waals surface area contributed by atoms with E-state index in [4.69, 9.17) is 12.2 Å². The first-order valence-electron chi connectivity index (χ1n) is 5.75. The zero-order valence-corrected chi connectivity index (χ0v) is 8.97. The normalized spacial score (nSPS) is 20.3. The third-order valence-corrected chi connectivity index (χ3v) is 3.15. The number of hydrogen-bond acceptors (Lipinski definition) is 2. The highest BCUT2D eigenvalue weighted by Gasteiger charge is 2.21. The van der Waals surface area contributed by atoms with Gasteiger partial charge < -0.3 is 11.1 Å². The van der Waals surface area contributed by atoms with Crippen LogP contribution in [0.25, 0.3) is 0 Å². The summed E-state index contributed by atoms with van der Waals surface area (Å²) in [6.07, 6.45) is 12.8. The highest BCUT2D eigenvalue weighted by molar-refractivity contribution is 4.86. The lowest BCUT2D eigenvalue weighted by Gasteiger charge is -2.30. The molecule has 0 heterocycles. The summed E-state index contributed by atoms with van der Waals surface area (Å²) in [6.45, 7) is 1.66. The average molecular weight is 194 g/mol. The summed E-state index contributed by atoms with van der Waals surface area (Å²) in [6, 6.07) is 0.489. The lowest BCUT2D eigenvalue weighted by molar-refractivity contribution is 0.274. The molecule has 0 saturated heterocycles. The standard InChI is InChI=1S/C12H22N2/c1-2-3-9-14-12(10-13)11-7-5-4-6-8-11/h1,11-12,14H,3-10,13H2. The molecule has 14 heavy (non-hydrogen) atoms. The molecule has 0 aromatic rings. The van der Waals surface area contributed by atoms with Gasteiger partial charge in [-0.25, -0.2) is 0 Å². The lowest BCUT2D eigenvalue weighted by atomic mass is 9.84. The van der Waals surface area contributed by atoms with Gasteiger partial charge in [-0.1, -0.05) is 19.3 Å². The van der Waals surface area contributed by atoms with Crippen molar-refractivity contribution in [3.05, 3.63) is 0 Å². The first-order chi connectivity index (χ1) is 6.88. The average Bonchev–Trinajstić information content (AvgIpc) is 2.26. The summed E-state index contributed by atoms with van der Waals surface area (Å²) in [5.74, 6) is 3.43. The van der Waals surface area contributed by atoms with Gasteiger partial charge in [-0.05, 0) is 18.8 Å². The quantitative estimate of drug-likeness (QED) is 0.514. The van der Waals surface area contributed by atoms with Crippen molar-refractivity contribution in [3.63, 3.8) is 0 Å². The van der Waals surface area contributed by atoms with Gasteiger partial charge in [0.1, 0.15) is 0 Å². The molecule has 1 fully saturated rings. The molecule has 2 nitrogen and oxygen atoms in total. The van der Waals surface area contributed by atoms with Gasteiger partial charge in [0, 0.05) is 25.6 Å². The van der Waals surface area contributed by atoms with E-state index in [2.05, 4.69) is 11.2 Å². The molecule has 0 bridgehead atoms. The second-order valence-electron chi connectivity index (χ2n) is 4.15. The maximum Gasteiger partial charge on any atom is 0.0218 e. The van der Waals surface area contributed by atoms with Crippen molar-refractivity contribution in [2.24, 2.45) is 11.7 Å². The van der Waals surface area contributed by atoms with E-state index in [1.165, 1.54) is 32.1 Å². The number of nitrogens with two attached hydrogens (primary N) is 1. The molecule has 0 spiro atoms. The minimum absolute atomic E-state index is 0.489.